The molecule has 0 aromatic carbocycles. The summed E-state index contributed by atoms with van der Waals surface area (Å²) in [5.74, 6) is 0. The van der Waals surface area contributed by atoms with Crippen molar-refractivity contribution in [3.8, 4) is 0 Å². The largest absolute Gasteiger partial charge is 0.423 e. The Bertz CT molecular complexity index is 65.4. The molecule has 0 rings (SSSR count). The van der Waals surface area contributed by atoms with Gasteiger partial charge in [-0.1, -0.05) is 6.92 Å². The molecule has 0 N–H and O–H groups in total. The van der Waals surface area contributed by atoms with Crippen LogP contribution >= 0.6 is 0 Å². The Morgan fingerprint density at radius 1 is 1.88 bits per heavy atom. The summed E-state index contributed by atoms with van der Waals surface area (Å²) in [7, 11) is 0. The van der Waals surface area contributed by atoms with Gasteiger partial charge < -0.3 is 4.74 Å². The molecule has 0 aliphatic rings. The van der Waals surface area contributed by atoms with Gasteiger partial charge in [0.25, 0.3) is 0 Å². The van der Waals surface area contributed by atoms with E-state index in [2.05, 4.69) is 4.74 Å². The zero-order chi connectivity index (χ0) is 6.41. The van der Waals surface area contributed by atoms with Crippen molar-refractivity contribution in [3.63, 3.8) is 0 Å². The second-order valence-electron chi connectivity index (χ2n) is 1.40. The normalized spacial score (nSPS) is 12.8. The van der Waals surface area contributed by atoms with E-state index in [1.807, 2.05) is 0 Å². The highest BCUT2D eigenvalue weighted by Gasteiger charge is 2.02. The lowest BCUT2D eigenvalue weighted by Crippen LogP contribution is -2.02. The Morgan fingerprint density at radius 2 is 2.50 bits per heavy atom. The fourth-order valence-corrected chi connectivity index (χ4v) is 0.338. The van der Waals surface area contributed by atoms with Gasteiger partial charge in [-0.2, -0.15) is 0 Å². The van der Waals surface area contributed by atoms with Crippen molar-refractivity contribution in [1.82, 2.24) is 0 Å². The minimum Gasteiger partial charge on any atom is -0.423 e. The van der Waals surface area contributed by atoms with Gasteiger partial charge in [-0.05, 0) is 6.42 Å². The van der Waals surface area contributed by atoms with Gasteiger partial charge in [-0.3, -0.25) is 0 Å². The molecule has 1 unspecified atom stereocenters. The molecule has 0 saturated heterocycles. The first-order valence-electron chi connectivity index (χ1n) is 2.48. The van der Waals surface area contributed by atoms with Gasteiger partial charge in [-0.15, -0.1) is 0 Å². The molecule has 8 heavy (non-hydrogen) atoms. The van der Waals surface area contributed by atoms with Crippen LogP contribution in [0.5, 0.6) is 0 Å². The molecular weight excluding hydrogens is 111 g/mol. The molecule has 0 heterocycles. The predicted molar refractivity (Wildman–Crippen MR) is 26.6 cm³/mol. The van der Waals surface area contributed by atoms with E-state index in [1.54, 1.807) is 6.92 Å². The lowest BCUT2D eigenvalue weighted by Gasteiger charge is -1.99. The second kappa shape index (κ2) is 4.56. The molecule has 0 aliphatic heterocycles. The van der Waals surface area contributed by atoms with E-state index in [-0.39, 0.29) is 6.42 Å². The minimum absolute atomic E-state index is 0.259. The maximum absolute atomic E-state index is 11.9. The standard InChI is InChI=1S/C5H8FO2/c1-2-3-5(6)8-4-7/h5H,2-3H2,1H3. The first-order valence-corrected chi connectivity index (χ1v) is 2.48. The highest BCUT2D eigenvalue weighted by Crippen LogP contribution is 2.00. The van der Waals surface area contributed by atoms with Gasteiger partial charge in [0, 0.05) is 6.42 Å². The van der Waals surface area contributed by atoms with Gasteiger partial charge in [-0.25, -0.2) is 9.18 Å². The maximum atomic E-state index is 11.9. The molecule has 0 aliphatic carbocycles. The zero-order valence-electron chi connectivity index (χ0n) is 4.69. The molecule has 0 bridgehead atoms. The molecule has 1 atom stereocenters. The van der Waals surface area contributed by atoms with Crippen molar-refractivity contribution in [2.45, 2.75) is 26.1 Å². The molecule has 2 nitrogen and oxygen atoms in total. The summed E-state index contributed by atoms with van der Waals surface area (Å²) in [6.07, 6.45) is -0.532. The Morgan fingerprint density at radius 3 is 2.88 bits per heavy atom. The van der Waals surface area contributed by atoms with Crippen LogP contribution in [-0.4, -0.2) is 12.8 Å². The molecule has 0 aromatic rings. The van der Waals surface area contributed by atoms with Gasteiger partial charge >= 0.3 is 6.47 Å². The van der Waals surface area contributed by atoms with E-state index in [0.29, 0.717) is 6.42 Å². The summed E-state index contributed by atoms with van der Waals surface area (Å²) in [5, 5.41) is 0. The summed E-state index contributed by atoms with van der Waals surface area (Å²) in [5.41, 5.74) is 0. The van der Waals surface area contributed by atoms with Crippen molar-refractivity contribution in [3.05, 3.63) is 0 Å². The zero-order valence-corrected chi connectivity index (χ0v) is 4.69. The topological polar surface area (TPSA) is 26.3 Å². The number of hydrogen-bond donors (Lipinski definition) is 0. The SMILES string of the molecule is CCCC(F)O[C]=O. The third-order valence-electron chi connectivity index (χ3n) is 0.692. The van der Waals surface area contributed by atoms with Gasteiger partial charge in [0.15, 0.2) is 0 Å². The van der Waals surface area contributed by atoms with Crippen LogP contribution in [0.25, 0.3) is 0 Å². The summed E-state index contributed by atoms with van der Waals surface area (Å²) in [4.78, 5) is 9.30. The van der Waals surface area contributed by atoms with Crippen LogP contribution in [0, 0.1) is 0 Å². The third-order valence-corrected chi connectivity index (χ3v) is 0.692. The van der Waals surface area contributed by atoms with Crippen molar-refractivity contribution >= 4 is 6.47 Å². The molecule has 0 aromatic heterocycles. The Hall–Kier alpha value is -0.600. The number of alkyl halides is 1. The number of carbonyl (C=O) groups excluding carboxylic acids is 1. The quantitative estimate of drug-likeness (QED) is 0.555. The van der Waals surface area contributed by atoms with E-state index in [9.17, 15) is 9.18 Å². The molecule has 0 saturated carbocycles. The molecule has 0 amide bonds. The van der Waals surface area contributed by atoms with Crippen LogP contribution in [0.4, 0.5) is 4.39 Å². The summed E-state index contributed by atoms with van der Waals surface area (Å²) in [6.45, 7) is 2.83. The Kier molecular flexibility index (Phi) is 4.21. The van der Waals surface area contributed by atoms with Crippen LogP contribution in [0.1, 0.15) is 19.8 Å². The van der Waals surface area contributed by atoms with Gasteiger partial charge in [0.05, 0.1) is 0 Å². The number of rotatable bonds is 4. The van der Waals surface area contributed by atoms with Crippen LogP contribution in [-0.2, 0) is 9.53 Å². The van der Waals surface area contributed by atoms with Crippen LogP contribution in [0.15, 0.2) is 0 Å². The molecular formula is C5H8FO2. The average molecular weight is 119 g/mol. The van der Waals surface area contributed by atoms with Crippen LogP contribution < -0.4 is 0 Å². The van der Waals surface area contributed by atoms with Crippen molar-refractivity contribution in [2.75, 3.05) is 0 Å². The molecule has 0 fully saturated rings. The first-order chi connectivity index (χ1) is 3.81. The summed E-state index contributed by atoms with van der Waals surface area (Å²) < 4.78 is 15.7. The maximum Gasteiger partial charge on any atom is 0.420 e. The Labute approximate surface area is 47.6 Å². The second-order valence-corrected chi connectivity index (χ2v) is 1.40. The van der Waals surface area contributed by atoms with Gasteiger partial charge in [0.1, 0.15) is 0 Å². The van der Waals surface area contributed by atoms with E-state index in [4.69, 9.17) is 0 Å². The number of ether oxygens (including phenoxy) is 1. The Balaban J connectivity index is 3.03. The molecule has 47 valence electrons. The van der Waals surface area contributed by atoms with E-state index in [0.717, 1.165) is 6.47 Å². The fourth-order valence-electron chi connectivity index (χ4n) is 0.338. The highest BCUT2D eigenvalue weighted by atomic mass is 19.1. The van der Waals surface area contributed by atoms with Crippen LogP contribution in [0.3, 0.4) is 0 Å². The molecule has 0 spiro atoms. The van der Waals surface area contributed by atoms with E-state index in [1.165, 1.54) is 0 Å². The molecule has 1 radical (unpaired) electrons. The third kappa shape index (κ3) is 3.59. The predicted octanol–water partition coefficient (Wildman–Crippen LogP) is 1.17. The van der Waals surface area contributed by atoms with Crippen molar-refractivity contribution < 1.29 is 13.9 Å². The lowest BCUT2D eigenvalue weighted by molar-refractivity contribution is 0.0436. The van der Waals surface area contributed by atoms with Crippen molar-refractivity contribution in [2.24, 2.45) is 0 Å². The first kappa shape index (κ1) is 7.40. The highest BCUT2D eigenvalue weighted by molar-refractivity contribution is 5.38. The summed E-state index contributed by atoms with van der Waals surface area (Å²) >= 11 is 0. The minimum atomic E-state index is -1.46. The fraction of sp³-hybridized carbons (Fsp3) is 0.800. The van der Waals surface area contributed by atoms with E-state index < -0.39 is 6.36 Å². The molecule has 3 heteroatoms. The van der Waals surface area contributed by atoms with Crippen LogP contribution in [0.2, 0.25) is 0 Å². The number of halogens is 1. The lowest BCUT2D eigenvalue weighted by atomic mass is 10.3. The van der Waals surface area contributed by atoms with Crippen molar-refractivity contribution in [1.29, 1.82) is 0 Å². The average Bonchev–Trinajstić information content (AvgIpc) is 1.68. The number of hydrogen-bond acceptors (Lipinski definition) is 2. The summed E-state index contributed by atoms with van der Waals surface area (Å²) in [6, 6.07) is 0. The van der Waals surface area contributed by atoms with E-state index >= 15 is 0 Å². The monoisotopic (exact) mass is 119 g/mol. The smallest absolute Gasteiger partial charge is 0.420 e. The van der Waals surface area contributed by atoms with Gasteiger partial charge in [0.2, 0.25) is 6.36 Å².